The van der Waals surface area contributed by atoms with Crippen LogP contribution in [0, 0.1) is 5.92 Å². The molecule has 0 spiro atoms. The summed E-state index contributed by atoms with van der Waals surface area (Å²) in [6.07, 6.45) is 0.838. The summed E-state index contributed by atoms with van der Waals surface area (Å²) in [5.41, 5.74) is 0. The van der Waals surface area contributed by atoms with Gasteiger partial charge in [-0.25, -0.2) is 4.79 Å². The van der Waals surface area contributed by atoms with Crippen molar-refractivity contribution in [2.24, 2.45) is 5.92 Å². The first kappa shape index (κ1) is 16.7. The van der Waals surface area contributed by atoms with Gasteiger partial charge in [-0.15, -0.1) is 0 Å². The molecule has 0 aliphatic carbocycles. The smallest absolute Gasteiger partial charge is 0.314 e. The van der Waals surface area contributed by atoms with Crippen LogP contribution in [0.1, 0.15) is 19.8 Å². The van der Waals surface area contributed by atoms with E-state index in [9.17, 15) is 9.59 Å². The first-order valence-corrected chi connectivity index (χ1v) is 7.28. The third kappa shape index (κ3) is 7.30. The molecule has 1 heterocycles. The summed E-state index contributed by atoms with van der Waals surface area (Å²) >= 11 is 0. The van der Waals surface area contributed by atoms with Gasteiger partial charge in [-0.3, -0.25) is 9.69 Å². The maximum absolute atomic E-state index is 11.6. The summed E-state index contributed by atoms with van der Waals surface area (Å²) in [7, 11) is 0. The maximum Gasteiger partial charge on any atom is 0.314 e. The zero-order valence-electron chi connectivity index (χ0n) is 12.2. The van der Waals surface area contributed by atoms with Crippen molar-refractivity contribution in [2.75, 3.05) is 45.8 Å². The largest absolute Gasteiger partial charge is 0.481 e. The second-order valence-corrected chi connectivity index (χ2v) is 5.10. The minimum Gasteiger partial charge on any atom is -0.481 e. The predicted octanol–water partition coefficient (Wildman–Crippen LogP) is -0.308. The summed E-state index contributed by atoms with van der Waals surface area (Å²) in [5, 5.41) is 17.5. The molecule has 116 valence electrons. The lowest BCUT2D eigenvalue weighted by Gasteiger charge is -2.27. The number of amides is 2. The van der Waals surface area contributed by atoms with Crippen molar-refractivity contribution >= 4 is 12.0 Å². The Kier molecular flexibility index (Phi) is 7.98. The van der Waals surface area contributed by atoms with E-state index < -0.39 is 5.97 Å². The summed E-state index contributed by atoms with van der Waals surface area (Å²) in [5.74, 6) is -0.829. The van der Waals surface area contributed by atoms with Crippen LogP contribution in [0.15, 0.2) is 0 Å². The van der Waals surface area contributed by atoms with Gasteiger partial charge >= 0.3 is 12.0 Å². The first-order chi connectivity index (χ1) is 9.61. The quantitative estimate of drug-likeness (QED) is 0.491. The van der Waals surface area contributed by atoms with Crippen molar-refractivity contribution in [3.63, 3.8) is 0 Å². The van der Waals surface area contributed by atoms with Crippen LogP contribution in [0.4, 0.5) is 4.79 Å². The summed E-state index contributed by atoms with van der Waals surface area (Å²) in [6.45, 7) is 7.82. The summed E-state index contributed by atoms with van der Waals surface area (Å²) in [6, 6.07) is -0.219. The molecule has 4 N–H and O–H groups in total. The molecule has 7 nitrogen and oxygen atoms in total. The summed E-state index contributed by atoms with van der Waals surface area (Å²) in [4.78, 5) is 24.5. The molecular formula is C13H26N4O3. The summed E-state index contributed by atoms with van der Waals surface area (Å²) < 4.78 is 0. The second-order valence-electron chi connectivity index (χ2n) is 5.10. The number of piperazine rings is 1. The van der Waals surface area contributed by atoms with Crippen LogP contribution in [0.3, 0.4) is 0 Å². The Morgan fingerprint density at radius 3 is 2.60 bits per heavy atom. The van der Waals surface area contributed by atoms with E-state index in [1.165, 1.54) is 0 Å². The fraction of sp³-hybridized carbons (Fsp3) is 0.846. The molecule has 0 saturated carbocycles. The van der Waals surface area contributed by atoms with E-state index >= 15 is 0 Å². The van der Waals surface area contributed by atoms with Crippen LogP contribution in [0.5, 0.6) is 0 Å². The topological polar surface area (TPSA) is 93.7 Å². The molecule has 1 aliphatic heterocycles. The molecular weight excluding hydrogens is 260 g/mol. The molecule has 1 saturated heterocycles. The molecule has 20 heavy (non-hydrogen) atoms. The number of hydrogen-bond acceptors (Lipinski definition) is 4. The van der Waals surface area contributed by atoms with Gasteiger partial charge in [-0.1, -0.05) is 13.3 Å². The highest BCUT2D eigenvalue weighted by Gasteiger charge is 2.13. The highest BCUT2D eigenvalue weighted by atomic mass is 16.4. The van der Waals surface area contributed by atoms with E-state index in [1.807, 2.05) is 6.92 Å². The average molecular weight is 286 g/mol. The minimum absolute atomic E-state index is 0.00795. The number of urea groups is 1. The zero-order chi connectivity index (χ0) is 14.8. The molecule has 2 amide bonds. The van der Waals surface area contributed by atoms with Gasteiger partial charge in [0, 0.05) is 52.2 Å². The van der Waals surface area contributed by atoms with Crippen molar-refractivity contribution in [3.05, 3.63) is 0 Å². The Balaban J connectivity index is 2.08. The third-order valence-electron chi connectivity index (χ3n) is 3.52. The second kappa shape index (κ2) is 9.55. The van der Waals surface area contributed by atoms with Gasteiger partial charge in [0.1, 0.15) is 0 Å². The number of nitrogens with one attached hydrogen (secondary N) is 3. The van der Waals surface area contributed by atoms with Crippen molar-refractivity contribution < 1.29 is 14.7 Å². The molecule has 0 bridgehead atoms. The fourth-order valence-corrected chi connectivity index (χ4v) is 2.17. The Bertz CT molecular complexity index is 306. The molecule has 1 rings (SSSR count). The molecule has 0 aromatic heterocycles. The lowest BCUT2D eigenvalue weighted by Crippen LogP contribution is -2.47. The van der Waals surface area contributed by atoms with Gasteiger partial charge in [0.15, 0.2) is 0 Å². The van der Waals surface area contributed by atoms with Gasteiger partial charge in [-0.05, 0) is 5.92 Å². The fourth-order valence-electron chi connectivity index (χ4n) is 2.17. The minimum atomic E-state index is -0.822. The number of carboxylic acid groups (broad SMARTS) is 1. The number of hydrogen-bond donors (Lipinski definition) is 4. The lowest BCUT2D eigenvalue weighted by molar-refractivity contribution is -0.138. The molecule has 0 aromatic carbocycles. The number of carbonyl (C=O) groups is 2. The number of rotatable bonds is 8. The number of carbonyl (C=O) groups excluding carboxylic acids is 1. The van der Waals surface area contributed by atoms with Gasteiger partial charge in [0.2, 0.25) is 0 Å². The van der Waals surface area contributed by atoms with E-state index in [0.717, 1.165) is 39.1 Å². The maximum atomic E-state index is 11.6. The van der Waals surface area contributed by atoms with Gasteiger partial charge in [0.25, 0.3) is 0 Å². The number of carboxylic acids is 1. The van der Waals surface area contributed by atoms with Crippen molar-refractivity contribution in [3.8, 4) is 0 Å². The van der Waals surface area contributed by atoms with Crippen LogP contribution in [-0.2, 0) is 4.79 Å². The molecule has 7 heteroatoms. The predicted molar refractivity (Wildman–Crippen MR) is 76.7 cm³/mol. The standard InChI is InChI=1S/C13H26N4O3/c1-2-11(9-12(18)19)10-16-13(20)15-5-8-17-6-3-14-4-7-17/h11,14H,2-10H2,1H3,(H,18,19)(H2,15,16,20). The SMILES string of the molecule is CCC(CNC(=O)NCCN1CCNCC1)CC(=O)O. The van der Waals surface area contributed by atoms with Gasteiger partial charge < -0.3 is 21.1 Å². The lowest BCUT2D eigenvalue weighted by atomic mass is 10.0. The van der Waals surface area contributed by atoms with Crippen LogP contribution in [0.25, 0.3) is 0 Å². The Morgan fingerprint density at radius 2 is 2.00 bits per heavy atom. The van der Waals surface area contributed by atoms with Crippen LogP contribution >= 0.6 is 0 Å². The van der Waals surface area contributed by atoms with Crippen LogP contribution < -0.4 is 16.0 Å². The Morgan fingerprint density at radius 1 is 1.30 bits per heavy atom. The van der Waals surface area contributed by atoms with Gasteiger partial charge in [0.05, 0.1) is 0 Å². The molecule has 1 atom stereocenters. The van der Waals surface area contributed by atoms with Gasteiger partial charge in [-0.2, -0.15) is 0 Å². The molecule has 1 unspecified atom stereocenters. The Labute approximate surface area is 120 Å². The molecule has 1 fully saturated rings. The van der Waals surface area contributed by atoms with E-state index in [2.05, 4.69) is 20.9 Å². The number of aliphatic carboxylic acids is 1. The highest BCUT2D eigenvalue weighted by Crippen LogP contribution is 2.06. The average Bonchev–Trinajstić information content (AvgIpc) is 2.44. The molecule has 0 radical (unpaired) electrons. The van der Waals surface area contributed by atoms with Crippen LogP contribution in [0.2, 0.25) is 0 Å². The van der Waals surface area contributed by atoms with E-state index in [0.29, 0.717) is 13.1 Å². The Hall–Kier alpha value is -1.34. The number of nitrogens with zero attached hydrogens (tertiary/aromatic N) is 1. The zero-order valence-corrected chi connectivity index (χ0v) is 12.2. The van der Waals surface area contributed by atoms with E-state index in [-0.39, 0.29) is 18.4 Å². The van der Waals surface area contributed by atoms with Crippen LogP contribution in [-0.4, -0.2) is 67.8 Å². The molecule has 0 aromatic rings. The highest BCUT2D eigenvalue weighted by molar-refractivity contribution is 5.74. The normalized spacial score (nSPS) is 17.4. The molecule has 1 aliphatic rings. The first-order valence-electron chi connectivity index (χ1n) is 7.28. The monoisotopic (exact) mass is 286 g/mol. The van der Waals surface area contributed by atoms with Crippen molar-refractivity contribution in [2.45, 2.75) is 19.8 Å². The van der Waals surface area contributed by atoms with E-state index in [1.54, 1.807) is 0 Å². The van der Waals surface area contributed by atoms with Crippen molar-refractivity contribution in [1.82, 2.24) is 20.9 Å². The van der Waals surface area contributed by atoms with Crippen molar-refractivity contribution in [1.29, 1.82) is 0 Å². The third-order valence-corrected chi connectivity index (χ3v) is 3.52. The van der Waals surface area contributed by atoms with E-state index in [4.69, 9.17) is 5.11 Å².